The topological polar surface area (TPSA) is 58.6 Å². The minimum atomic E-state index is -0.0806. The van der Waals surface area contributed by atoms with E-state index in [-0.39, 0.29) is 12.5 Å². The number of para-hydroxylation sites is 1. The van der Waals surface area contributed by atoms with Crippen LogP contribution in [0.4, 0.5) is 5.69 Å². The summed E-state index contributed by atoms with van der Waals surface area (Å²) >= 11 is 0. The lowest BCUT2D eigenvalue weighted by Gasteiger charge is -2.10. The molecule has 0 radical (unpaired) electrons. The fraction of sp³-hybridized carbons (Fsp3) is 0.462. The lowest BCUT2D eigenvalue weighted by atomic mass is 10.2. The predicted molar refractivity (Wildman–Crippen MR) is 66.7 cm³/mol. The van der Waals surface area contributed by atoms with Crippen LogP contribution in [0.2, 0.25) is 0 Å². The van der Waals surface area contributed by atoms with E-state index in [0.717, 1.165) is 11.3 Å². The zero-order valence-electron chi connectivity index (χ0n) is 10.1. The molecular weight excluding hydrogens is 218 g/mol. The fourth-order valence-corrected chi connectivity index (χ4v) is 1.43. The Hall–Kier alpha value is -1.39. The lowest BCUT2D eigenvalue weighted by Crippen LogP contribution is -2.13. The van der Waals surface area contributed by atoms with Crippen LogP contribution < -0.4 is 5.32 Å². The molecule has 0 aromatic heterocycles. The third-order valence-electron chi connectivity index (χ3n) is 2.32. The second kappa shape index (κ2) is 7.81. The standard InChI is InChI=1S/C13H19NO3/c1-2-17-10-11-6-3-4-7-12(11)14-13(16)8-5-9-15/h3-4,6-7,15H,2,5,8-10H2,1H3,(H,14,16). The number of benzene rings is 1. The molecule has 0 aliphatic rings. The van der Waals surface area contributed by atoms with Gasteiger partial charge < -0.3 is 15.2 Å². The Morgan fingerprint density at radius 2 is 2.18 bits per heavy atom. The van der Waals surface area contributed by atoms with Gasteiger partial charge in [0, 0.05) is 30.9 Å². The van der Waals surface area contributed by atoms with Crippen LogP contribution in [-0.4, -0.2) is 24.2 Å². The molecule has 0 spiro atoms. The Morgan fingerprint density at radius 3 is 2.88 bits per heavy atom. The van der Waals surface area contributed by atoms with Crippen LogP contribution in [0.3, 0.4) is 0 Å². The highest BCUT2D eigenvalue weighted by atomic mass is 16.5. The minimum Gasteiger partial charge on any atom is -0.396 e. The van der Waals surface area contributed by atoms with Crippen LogP contribution in [0.1, 0.15) is 25.3 Å². The first kappa shape index (κ1) is 13.7. The zero-order valence-corrected chi connectivity index (χ0v) is 10.1. The Morgan fingerprint density at radius 1 is 1.41 bits per heavy atom. The molecular formula is C13H19NO3. The monoisotopic (exact) mass is 237 g/mol. The van der Waals surface area contributed by atoms with E-state index in [0.29, 0.717) is 26.1 Å². The summed E-state index contributed by atoms with van der Waals surface area (Å²) < 4.78 is 5.33. The molecule has 0 saturated carbocycles. The molecule has 1 rings (SSSR count). The smallest absolute Gasteiger partial charge is 0.224 e. The Bertz CT molecular complexity index is 352. The van der Waals surface area contributed by atoms with Gasteiger partial charge in [0.25, 0.3) is 0 Å². The van der Waals surface area contributed by atoms with E-state index >= 15 is 0 Å². The van der Waals surface area contributed by atoms with Crippen LogP contribution in [0, 0.1) is 0 Å². The van der Waals surface area contributed by atoms with Gasteiger partial charge in [0.15, 0.2) is 0 Å². The molecule has 2 N–H and O–H groups in total. The minimum absolute atomic E-state index is 0.0357. The summed E-state index contributed by atoms with van der Waals surface area (Å²) in [6.07, 6.45) is 0.818. The van der Waals surface area contributed by atoms with E-state index in [2.05, 4.69) is 5.32 Å². The van der Waals surface area contributed by atoms with Crippen molar-refractivity contribution in [1.82, 2.24) is 0 Å². The van der Waals surface area contributed by atoms with Crippen LogP contribution in [0.15, 0.2) is 24.3 Å². The highest BCUT2D eigenvalue weighted by molar-refractivity contribution is 5.91. The Kier molecular flexibility index (Phi) is 6.29. The number of amides is 1. The lowest BCUT2D eigenvalue weighted by molar-refractivity contribution is -0.116. The number of nitrogens with one attached hydrogen (secondary N) is 1. The van der Waals surface area contributed by atoms with Gasteiger partial charge in [-0.05, 0) is 19.4 Å². The van der Waals surface area contributed by atoms with Crippen LogP contribution >= 0.6 is 0 Å². The first-order chi connectivity index (χ1) is 8.27. The second-order valence-corrected chi connectivity index (χ2v) is 3.67. The number of aliphatic hydroxyl groups is 1. The maximum Gasteiger partial charge on any atom is 0.224 e. The zero-order chi connectivity index (χ0) is 12.5. The van der Waals surface area contributed by atoms with Gasteiger partial charge in [-0.1, -0.05) is 18.2 Å². The number of rotatable bonds is 7. The first-order valence-electron chi connectivity index (χ1n) is 5.84. The summed E-state index contributed by atoms with van der Waals surface area (Å²) in [5.41, 5.74) is 1.75. The number of hydrogen-bond donors (Lipinski definition) is 2. The molecule has 0 bridgehead atoms. The van der Waals surface area contributed by atoms with Crippen LogP contribution in [0.5, 0.6) is 0 Å². The molecule has 4 heteroatoms. The summed E-state index contributed by atoms with van der Waals surface area (Å²) in [5, 5.41) is 11.5. The van der Waals surface area contributed by atoms with Gasteiger partial charge in [-0.2, -0.15) is 0 Å². The van der Waals surface area contributed by atoms with Crippen molar-refractivity contribution in [1.29, 1.82) is 0 Å². The molecule has 17 heavy (non-hydrogen) atoms. The third-order valence-corrected chi connectivity index (χ3v) is 2.32. The molecule has 94 valence electrons. The summed E-state index contributed by atoms with van der Waals surface area (Å²) in [5.74, 6) is -0.0806. The van der Waals surface area contributed by atoms with Gasteiger partial charge in [0.05, 0.1) is 6.61 Å². The molecule has 1 aromatic carbocycles. The van der Waals surface area contributed by atoms with Gasteiger partial charge in [-0.3, -0.25) is 4.79 Å². The number of hydrogen-bond acceptors (Lipinski definition) is 3. The first-order valence-corrected chi connectivity index (χ1v) is 5.84. The van der Waals surface area contributed by atoms with E-state index < -0.39 is 0 Å². The highest BCUT2D eigenvalue weighted by Crippen LogP contribution is 2.16. The fourth-order valence-electron chi connectivity index (χ4n) is 1.43. The SMILES string of the molecule is CCOCc1ccccc1NC(=O)CCCO. The summed E-state index contributed by atoms with van der Waals surface area (Å²) in [6, 6.07) is 7.57. The number of ether oxygens (including phenoxy) is 1. The molecule has 0 unspecified atom stereocenters. The molecule has 0 fully saturated rings. The van der Waals surface area contributed by atoms with E-state index in [1.54, 1.807) is 0 Å². The van der Waals surface area contributed by atoms with Gasteiger partial charge in [0.2, 0.25) is 5.91 Å². The van der Waals surface area contributed by atoms with Crippen LogP contribution in [-0.2, 0) is 16.1 Å². The Labute approximate surface area is 102 Å². The summed E-state index contributed by atoms with van der Waals surface area (Å²) in [4.78, 5) is 11.5. The largest absolute Gasteiger partial charge is 0.396 e. The van der Waals surface area contributed by atoms with Crippen molar-refractivity contribution in [2.75, 3.05) is 18.5 Å². The van der Waals surface area contributed by atoms with Crippen molar-refractivity contribution in [3.8, 4) is 0 Å². The molecule has 1 aromatic rings. The molecule has 4 nitrogen and oxygen atoms in total. The van der Waals surface area contributed by atoms with Gasteiger partial charge in [-0.15, -0.1) is 0 Å². The van der Waals surface area contributed by atoms with Crippen molar-refractivity contribution >= 4 is 11.6 Å². The molecule has 0 aliphatic heterocycles. The second-order valence-electron chi connectivity index (χ2n) is 3.67. The van der Waals surface area contributed by atoms with Crippen molar-refractivity contribution in [2.45, 2.75) is 26.4 Å². The van der Waals surface area contributed by atoms with Crippen molar-refractivity contribution in [2.24, 2.45) is 0 Å². The highest BCUT2D eigenvalue weighted by Gasteiger charge is 2.05. The van der Waals surface area contributed by atoms with Gasteiger partial charge >= 0.3 is 0 Å². The average molecular weight is 237 g/mol. The molecule has 1 amide bonds. The van der Waals surface area contributed by atoms with Gasteiger partial charge in [0.1, 0.15) is 0 Å². The van der Waals surface area contributed by atoms with E-state index in [4.69, 9.17) is 9.84 Å². The number of anilines is 1. The Balaban J connectivity index is 2.59. The normalized spacial score (nSPS) is 10.2. The molecule has 0 heterocycles. The van der Waals surface area contributed by atoms with E-state index in [9.17, 15) is 4.79 Å². The predicted octanol–water partition coefficient (Wildman–Crippen LogP) is 1.93. The number of carbonyl (C=O) groups is 1. The number of aliphatic hydroxyl groups excluding tert-OH is 1. The van der Waals surface area contributed by atoms with Crippen molar-refractivity contribution in [3.63, 3.8) is 0 Å². The van der Waals surface area contributed by atoms with Gasteiger partial charge in [-0.25, -0.2) is 0 Å². The third kappa shape index (κ3) is 4.97. The quantitative estimate of drug-likeness (QED) is 0.762. The maximum atomic E-state index is 11.5. The summed E-state index contributed by atoms with van der Waals surface area (Å²) in [6.45, 7) is 3.11. The number of carbonyl (C=O) groups excluding carboxylic acids is 1. The van der Waals surface area contributed by atoms with Crippen molar-refractivity contribution < 1.29 is 14.6 Å². The van der Waals surface area contributed by atoms with Crippen molar-refractivity contribution in [3.05, 3.63) is 29.8 Å². The van der Waals surface area contributed by atoms with E-state index in [1.807, 2.05) is 31.2 Å². The molecule has 0 saturated heterocycles. The van der Waals surface area contributed by atoms with Crippen LogP contribution in [0.25, 0.3) is 0 Å². The van der Waals surface area contributed by atoms with E-state index in [1.165, 1.54) is 0 Å². The average Bonchev–Trinajstić information content (AvgIpc) is 2.35. The maximum absolute atomic E-state index is 11.5. The molecule has 0 aliphatic carbocycles. The summed E-state index contributed by atoms with van der Waals surface area (Å²) in [7, 11) is 0. The molecule has 0 atom stereocenters.